The maximum Gasteiger partial charge on any atom is 0.243 e. The quantitative estimate of drug-likeness (QED) is 0.632. The summed E-state index contributed by atoms with van der Waals surface area (Å²) in [5.74, 6) is -0.499. The van der Waals surface area contributed by atoms with Crippen LogP contribution in [-0.4, -0.2) is 37.5 Å². The van der Waals surface area contributed by atoms with Crippen molar-refractivity contribution >= 4 is 39.0 Å². The van der Waals surface area contributed by atoms with Crippen LogP contribution in [0.5, 0.6) is 0 Å². The van der Waals surface area contributed by atoms with Gasteiger partial charge in [-0.15, -0.1) is 0 Å². The van der Waals surface area contributed by atoms with E-state index in [2.05, 4.69) is 5.32 Å². The number of sulfonamides is 1. The molecule has 0 spiro atoms. The van der Waals surface area contributed by atoms with E-state index in [1.165, 1.54) is 10.4 Å². The van der Waals surface area contributed by atoms with E-state index >= 15 is 0 Å². The summed E-state index contributed by atoms with van der Waals surface area (Å²) in [5.41, 5.74) is 0.896. The molecule has 6 nitrogen and oxygen atoms in total. The first kappa shape index (κ1) is 22.5. The van der Waals surface area contributed by atoms with Gasteiger partial charge in [0.25, 0.3) is 0 Å². The lowest BCUT2D eigenvalue weighted by Crippen LogP contribution is -2.32. The van der Waals surface area contributed by atoms with Crippen LogP contribution in [0.25, 0.3) is 0 Å². The fourth-order valence-electron chi connectivity index (χ4n) is 3.40. The smallest absolute Gasteiger partial charge is 0.243 e. The van der Waals surface area contributed by atoms with Gasteiger partial charge in [0.15, 0.2) is 5.78 Å². The van der Waals surface area contributed by atoms with E-state index in [1.54, 1.807) is 42.5 Å². The van der Waals surface area contributed by atoms with Gasteiger partial charge < -0.3 is 5.32 Å². The van der Waals surface area contributed by atoms with E-state index in [9.17, 15) is 18.0 Å². The minimum Gasteiger partial charge on any atom is -0.326 e. The average molecular weight is 449 g/mol. The van der Waals surface area contributed by atoms with Gasteiger partial charge in [-0.2, -0.15) is 4.31 Å². The van der Waals surface area contributed by atoms with Crippen LogP contribution in [0.2, 0.25) is 5.02 Å². The fraction of sp³-hybridized carbons (Fsp3) is 0.364. The lowest BCUT2D eigenvalue weighted by atomic mass is 10.1. The number of ketones is 1. The van der Waals surface area contributed by atoms with Crippen LogP contribution in [0, 0.1) is 0 Å². The molecule has 30 heavy (non-hydrogen) atoms. The molecule has 2 aromatic rings. The van der Waals surface area contributed by atoms with Gasteiger partial charge in [0.2, 0.25) is 15.9 Å². The second kappa shape index (κ2) is 10.2. The Hall–Kier alpha value is -2.22. The van der Waals surface area contributed by atoms with Gasteiger partial charge in [0.05, 0.1) is 4.90 Å². The molecule has 0 unspecified atom stereocenters. The van der Waals surface area contributed by atoms with Crippen molar-refractivity contribution in [2.24, 2.45) is 0 Å². The molecule has 0 aromatic heterocycles. The van der Waals surface area contributed by atoms with E-state index in [1.807, 2.05) is 0 Å². The number of carbonyl (C=O) groups excluding carboxylic acids is 2. The number of nitrogens with one attached hydrogen (secondary N) is 1. The number of nitrogens with zero attached hydrogens (tertiary/aromatic N) is 1. The summed E-state index contributed by atoms with van der Waals surface area (Å²) in [6.45, 7) is 1.04. The summed E-state index contributed by atoms with van der Waals surface area (Å²) in [4.78, 5) is 24.6. The zero-order valence-corrected chi connectivity index (χ0v) is 18.2. The molecule has 3 rings (SSSR count). The van der Waals surface area contributed by atoms with Crippen LogP contribution >= 0.6 is 11.6 Å². The fourth-order valence-corrected chi connectivity index (χ4v) is 5.09. The molecule has 1 saturated heterocycles. The molecule has 0 radical (unpaired) electrons. The number of halogens is 1. The molecule has 0 atom stereocenters. The molecule has 1 aliphatic heterocycles. The van der Waals surface area contributed by atoms with Crippen molar-refractivity contribution in [1.82, 2.24) is 4.31 Å². The van der Waals surface area contributed by atoms with E-state index in [0.717, 1.165) is 25.7 Å². The topological polar surface area (TPSA) is 83.5 Å². The highest BCUT2D eigenvalue weighted by Gasteiger charge is 2.25. The van der Waals surface area contributed by atoms with Gasteiger partial charge in [-0.05, 0) is 55.3 Å². The molecule has 0 aliphatic carbocycles. The van der Waals surface area contributed by atoms with Crippen molar-refractivity contribution < 1.29 is 18.0 Å². The SMILES string of the molecule is O=C(CCC(=O)c1ccc(Cl)cc1)Nc1cccc(S(=O)(=O)N2CCCCCC2)c1. The highest BCUT2D eigenvalue weighted by atomic mass is 35.5. The van der Waals surface area contributed by atoms with Crippen molar-refractivity contribution in [1.29, 1.82) is 0 Å². The lowest BCUT2D eigenvalue weighted by Gasteiger charge is -2.20. The summed E-state index contributed by atoms with van der Waals surface area (Å²) >= 11 is 5.82. The summed E-state index contributed by atoms with van der Waals surface area (Å²) in [6.07, 6.45) is 3.85. The zero-order valence-electron chi connectivity index (χ0n) is 16.6. The number of carbonyl (C=O) groups is 2. The minimum absolute atomic E-state index is 0.00453. The monoisotopic (exact) mass is 448 g/mol. The minimum atomic E-state index is -3.59. The van der Waals surface area contributed by atoms with Gasteiger partial charge in [-0.25, -0.2) is 8.42 Å². The molecular weight excluding hydrogens is 424 g/mol. The predicted octanol–water partition coefficient (Wildman–Crippen LogP) is 4.51. The first-order chi connectivity index (χ1) is 14.4. The molecule has 0 bridgehead atoms. The molecule has 2 aromatic carbocycles. The van der Waals surface area contributed by atoms with Crippen molar-refractivity contribution in [3.8, 4) is 0 Å². The second-order valence-corrected chi connectivity index (χ2v) is 9.70. The van der Waals surface area contributed by atoms with Crippen molar-refractivity contribution in [3.63, 3.8) is 0 Å². The third-order valence-electron chi connectivity index (χ3n) is 5.07. The van der Waals surface area contributed by atoms with Crippen LogP contribution in [0.15, 0.2) is 53.4 Å². The molecule has 160 valence electrons. The van der Waals surface area contributed by atoms with E-state index in [0.29, 0.717) is 29.4 Å². The Kier molecular flexibility index (Phi) is 7.64. The van der Waals surface area contributed by atoms with Crippen LogP contribution in [0.1, 0.15) is 48.9 Å². The van der Waals surface area contributed by atoms with Crippen LogP contribution < -0.4 is 5.32 Å². The van der Waals surface area contributed by atoms with E-state index < -0.39 is 10.0 Å². The number of hydrogen-bond donors (Lipinski definition) is 1. The molecule has 1 fully saturated rings. The maximum absolute atomic E-state index is 12.9. The molecule has 1 amide bonds. The summed E-state index contributed by atoms with van der Waals surface area (Å²) in [5, 5.41) is 3.23. The number of rotatable bonds is 7. The van der Waals surface area contributed by atoms with Crippen molar-refractivity contribution in [3.05, 3.63) is 59.1 Å². The Morgan fingerprint density at radius 3 is 2.27 bits per heavy atom. The number of hydrogen-bond acceptors (Lipinski definition) is 4. The molecule has 1 aliphatic rings. The Labute approximate surface area is 182 Å². The number of Topliss-reactive ketones (excluding diaryl/α,β-unsaturated/α-hetero) is 1. The van der Waals surface area contributed by atoms with Crippen molar-refractivity contribution in [2.75, 3.05) is 18.4 Å². The molecule has 0 saturated carbocycles. The average Bonchev–Trinajstić information content (AvgIpc) is 3.03. The Morgan fingerprint density at radius 1 is 0.933 bits per heavy atom. The van der Waals surface area contributed by atoms with Gasteiger partial charge in [0, 0.05) is 42.2 Å². The normalized spacial score (nSPS) is 15.4. The van der Waals surface area contributed by atoms with Gasteiger partial charge in [-0.3, -0.25) is 9.59 Å². The third-order valence-corrected chi connectivity index (χ3v) is 7.21. The van der Waals surface area contributed by atoms with Gasteiger partial charge >= 0.3 is 0 Å². The van der Waals surface area contributed by atoms with Crippen molar-refractivity contribution in [2.45, 2.75) is 43.4 Å². The number of benzene rings is 2. The van der Waals surface area contributed by atoms with E-state index in [4.69, 9.17) is 11.6 Å². The Bertz CT molecular complexity index is 998. The highest BCUT2D eigenvalue weighted by molar-refractivity contribution is 7.89. The standard InChI is InChI=1S/C22H25ClN2O4S/c23-18-10-8-17(9-11-18)21(26)12-13-22(27)24-19-6-5-7-20(16-19)30(28,29)25-14-3-1-2-4-15-25/h5-11,16H,1-4,12-15H2,(H,24,27). The lowest BCUT2D eigenvalue weighted by molar-refractivity contribution is -0.116. The highest BCUT2D eigenvalue weighted by Crippen LogP contribution is 2.23. The number of amides is 1. The largest absolute Gasteiger partial charge is 0.326 e. The summed E-state index contributed by atoms with van der Waals surface area (Å²) in [7, 11) is -3.59. The first-order valence-electron chi connectivity index (χ1n) is 10.0. The van der Waals surface area contributed by atoms with E-state index in [-0.39, 0.29) is 29.4 Å². The first-order valence-corrected chi connectivity index (χ1v) is 11.9. The zero-order chi connectivity index (χ0) is 21.6. The second-order valence-electron chi connectivity index (χ2n) is 7.32. The van der Waals surface area contributed by atoms with Crippen LogP contribution in [0.4, 0.5) is 5.69 Å². The van der Waals surface area contributed by atoms with Gasteiger partial charge in [0.1, 0.15) is 0 Å². The maximum atomic E-state index is 12.9. The molecule has 1 N–H and O–H groups in total. The molecular formula is C22H25ClN2O4S. The van der Waals surface area contributed by atoms with Crippen LogP contribution in [-0.2, 0) is 14.8 Å². The Balaban J connectivity index is 1.61. The molecule has 8 heteroatoms. The van der Waals surface area contributed by atoms with Gasteiger partial charge in [-0.1, -0.05) is 30.5 Å². The number of anilines is 1. The van der Waals surface area contributed by atoms with Crippen LogP contribution in [0.3, 0.4) is 0 Å². The molecule has 1 heterocycles. The summed E-state index contributed by atoms with van der Waals surface area (Å²) < 4.78 is 27.4. The third kappa shape index (κ3) is 5.90. The summed E-state index contributed by atoms with van der Waals surface area (Å²) in [6, 6.07) is 12.8. The predicted molar refractivity (Wildman–Crippen MR) is 117 cm³/mol. The Morgan fingerprint density at radius 2 is 1.60 bits per heavy atom.